The Labute approximate surface area is 126 Å². The van der Waals surface area contributed by atoms with Crippen LogP contribution in [0.2, 0.25) is 0 Å². The third-order valence-corrected chi connectivity index (χ3v) is 3.38. The molecule has 1 heterocycles. The summed E-state index contributed by atoms with van der Waals surface area (Å²) < 4.78 is 16.7. The van der Waals surface area contributed by atoms with E-state index in [2.05, 4.69) is 18.3 Å². The quantitative estimate of drug-likeness (QED) is 0.681. The van der Waals surface area contributed by atoms with E-state index in [9.17, 15) is 0 Å². The van der Waals surface area contributed by atoms with Crippen molar-refractivity contribution in [3.63, 3.8) is 0 Å². The highest BCUT2D eigenvalue weighted by atomic mass is 16.5. The van der Waals surface area contributed by atoms with Gasteiger partial charge in [-0.25, -0.2) is 0 Å². The number of furan rings is 1. The zero-order chi connectivity index (χ0) is 14.9. The number of para-hydroxylation sites is 1. The number of nitrogens with one attached hydrogen (secondary N) is 1. The third kappa shape index (κ3) is 4.56. The van der Waals surface area contributed by atoms with Crippen LogP contribution in [0.25, 0.3) is 11.0 Å². The van der Waals surface area contributed by atoms with Gasteiger partial charge in [0.2, 0.25) is 0 Å². The fourth-order valence-corrected chi connectivity index (χ4v) is 2.32. The molecule has 116 valence electrons. The minimum atomic E-state index is 0.515. The number of benzene rings is 1. The van der Waals surface area contributed by atoms with Crippen molar-refractivity contribution in [1.82, 2.24) is 5.32 Å². The predicted molar refractivity (Wildman–Crippen MR) is 84.4 cm³/mol. The van der Waals surface area contributed by atoms with Gasteiger partial charge in [0, 0.05) is 37.8 Å². The van der Waals surface area contributed by atoms with Crippen molar-refractivity contribution in [2.45, 2.75) is 32.9 Å². The lowest BCUT2D eigenvalue weighted by atomic mass is 10.1. The number of ether oxygens (including phenoxy) is 2. The van der Waals surface area contributed by atoms with Crippen LogP contribution in [0, 0.1) is 0 Å². The number of hydrogen-bond acceptors (Lipinski definition) is 4. The van der Waals surface area contributed by atoms with Crippen molar-refractivity contribution >= 4 is 11.0 Å². The first-order valence-electron chi connectivity index (χ1n) is 7.63. The average molecular weight is 291 g/mol. The van der Waals surface area contributed by atoms with Gasteiger partial charge >= 0.3 is 0 Å². The summed E-state index contributed by atoms with van der Waals surface area (Å²) in [6.45, 7) is 5.93. The Morgan fingerprint density at radius 1 is 1.19 bits per heavy atom. The molecule has 0 aliphatic carbocycles. The molecule has 4 nitrogen and oxygen atoms in total. The average Bonchev–Trinajstić information content (AvgIpc) is 2.85. The van der Waals surface area contributed by atoms with Crippen LogP contribution in [0.3, 0.4) is 0 Å². The fourth-order valence-electron chi connectivity index (χ4n) is 2.32. The van der Waals surface area contributed by atoms with Crippen molar-refractivity contribution in [3.8, 4) is 0 Å². The molecule has 0 aliphatic heterocycles. The van der Waals surface area contributed by atoms with Crippen LogP contribution in [-0.4, -0.2) is 26.9 Å². The number of rotatable bonds is 10. The van der Waals surface area contributed by atoms with E-state index in [0.29, 0.717) is 13.2 Å². The lowest BCUT2D eigenvalue weighted by molar-refractivity contribution is 0.0830. The Balaban J connectivity index is 2.03. The van der Waals surface area contributed by atoms with E-state index in [1.165, 1.54) is 10.9 Å². The SMILES string of the molecule is CCCNCc1c(COCCCOC)oc2ccccc12. The Kier molecular flexibility index (Phi) is 6.73. The van der Waals surface area contributed by atoms with Gasteiger partial charge < -0.3 is 19.2 Å². The first-order chi connectivity index (χ1) is 10.4. The van der Waals surface area contributed by atoms with Gasteiger partial charge in [-0.3, -0.25) is 0 Å². The maximum Gasteiger partial charge on any atom is 0.135 e. The van der Waals surface area contributed by atoms with Gasteiger partial charge in [-0.05, 0) is 25.5 Å². The molecule has 0 spiro atoms. The topological polar surface area (TPSA) is 43.6 Å². The molecule has 0 aliphatic rings. The standard InChI is InChI=1S/C17H25NO3/c1-3-9-18-12-15-14-7-4-5-8-16(14)21-17(15)13-20-11-6-10-19-2/h4-5,7-8,18H,3,6,9-13H2,1-2H3. The van der Waals surface area contributed by atoms with Crippen molar-refractivity contribution in [1.29, 1.82) is 0 Å². The third-order valence-electron chi connectivity index (χ3n) is 3.38. The van der Waals surface area contributed by atoms with Crippen molar-refractivity contribution in [2.75, 3.05) is 26.9 Å². The zero-order valence-electron chi connectivity index (χ0n) is 13.0. The molecule has 0 unspecified atom stereocenters. The first-order valence-corrected chi connectivity index (χ1v) is 7.63. The normalized spacial score (nSPS) is 11.3. The monoisotopic (exact) mass is 291 g/mol. The Bertz CT molecular complexity index is 536. The van der Waals surface area contributed by atoms with E-state index < -0.39 is 0 Å². The van der Waals surface area contributed by atoms with Crippen LogP contribution in [0.15, 0.2) is 28.7 Å². The van der Waals surface area contributed by atoms with Crippen LogP contribution >= 0.6 is 0 Å². The van der Waals surface area contributed by atoms with Gasteiger partial charge in [-0.1, -0.05) is 25.1 Å². The molecule has 4 heteroatoms. The molecule has 1 aromatic heterocycles. The van der Waals surface area contributed by atoms with E-state index >= 15 is 0 Å². The predicted octanol–water partition coefficient (Wildman–Crippen LogP) is 3.49. The van der Waals surface area contributed by atoms with Gasteiger partial charge in [0.05, 0.1) is 0 Å². The minimum Gasteiger partial charge on any atom is -0.458 e. The molecular formula is C17H25NO3. The summed E-state index contributed by atoms with van der Waals surface area (Å²) in [6.07, 6.45) is 2.03. The van der Waals surface area contributed by atoms with Crippen LogP contribution in [0.5, 0.6) is 0 Å². The van der Waals surface area contributed by atoms with Gasteiger partial charge in [0.25, 0.3) is 0 Å². The molecule has 0 bridgehead atoms. The molecule has 0 amide bonds. The van der Waals surface area contributed by atoms with Gasteiger partial charge in [-0.2, -0.15) is 0 Å². The number of hydrogen-bond donors (Lipinski definition) is 1. The zero-order valence-corrected chi connectivity index (χ0v) is 13.0. The summed E-state index contributed by atoms with van der Waals surface area (Å²) in [7, 11) is 1.71. The Morgan fingerprint density at radius 2 is 2.05 bits per heavy atom. The summed E-state index contributed by atoms with van der Waals surface area (Å²) in [5.74, 6) is 0.928. The van der Waals surface area contributed by atoms with Crippen LogP contribution < -0.4 is 5.32 Å². The lowest BCUT2D eigenvalue weighted by Gasteiger charge is -2.06. The Hall–Kier alpha value is -1.36. The summed E-state index contributed by atoms with van der Waals surface area (Å²) in [5, 5.41) is 4.62. The summed E-state index contributed by atoms with van der Waals surface area (Å²) in [5.41, 5.74) is 2.15. The summed E-state index contributed by atoms with van der Waals surface area (Å²) in [4.78, 5) is 0. The molecule has 0 fully saturated rings. The second-order valence-corrected chi connectivity index (χ2v) is 5.08. The molecule has 2 rings (SSSR count). The van der Waals surface area contributed by atoms with Gasteiger partial charge in [0.1, 0.15) is 18.0 Å². The number of fused-ring (bicyclic) bond motifs is 1. The fraction of sp³-hybridized carbons (Fsp3) is 0.529. The molecule has 0 saturated heterocycles. The van der Waals surface area contributed by atoms with E-state index in [0.717, 1.165) is 43.9 Å². The summed E-state index contributed by atoms with van der Waals surface area (Å²) in [6, 6.07) is 8.16. The molecule has 1 N–H and O–H groups in total. The van der Waals surface area contributed by atoms with E-state index in [-0.39, 0.29) is 0 Å². The molecule has 2 aromatic rings. The van der Waals surface area contributed by atoms with Gasteiger partial charge in [-0.15, -0.1) is 0 Å². The first kappa shape index (κ1) is 16.0. The van der Waals surface area contributed by atoms with E-state index in [1.807, 2.05) is 18.2 Å². The lowest BCUT2D eigenvalue weighted by Crippen LogP contribution is -2.14. The highest BCUT2D eigenvalue weighted by molar-refractivity contribution is 5.82. The maximum atomic E-state index is 5.94. The Morgan fingerprint density at radius 3 is 2.86 bits per heavy atom. The molecule has 0 radical (unpaired) electrons. The molecule has 0 saturated carbocycles. The smallest absolute Gasteiger partial charge is 0.135 e. The molecular weight excluding hydrogens is 266 g/mol. The van der Waals surface area contributed by atoms with Crippen molar-refractivity contribution < 1.29 is 13.9 Å². The number of methoxy groups -OCH3 is 1. The van der Waals surface area contributed by atoms with Crippen molar-refractivity contribution in [3.05, 3.63) is 35.6 Å². The molecule has 0 atom stereocenters. The van der Waals surface area contributed by atoms with Crippen LogP contribution in [0.4, 0.5) is 0 Å². The van der Waals surface area contributed by atoms with E-state index in [1.54, 1.807) is 7.11 Å². The largest absolute Gasteiger partial charge is 0.458 e. The van der Waals surface area contributed by atoms with Crippen LogP contribution in [-0.2, 0) is 22.6 Å². The van der Waals surface area contributed by atoms with Crippen LogP contribution in [0.1, 0.15) is 31.1 Å². The summed E-state index contributed by atoms with van der Waals surface area (Å²) >= 11 is 0. The van der Waals surface area contributed by atoms with Gasteiger partial charge in [0.15, 0.2) is 0 Å². The second-order valence-electron chi connectivity index (χ2n) is 5.08. The molecule has 21 heavy (non-hydrogen) atoms. The highest BCUT2D eigenvalue weighted by Gasteiger charge is 2.13. The highest BCUT2D eigenvalue weighted by Crippen LogP contribution is 2.26. The maximum absolute atomic E-state index is 5.94. The molecule has 1 aromatic carbocycles. The second kappa shape index (κ2) is 8.82. The minimum absolute atomic E-state index is 0.515. The van der Waals surface area contributed by atoms with Crippen molar-refractivity contribution in [2.24, 2.45) is 0 Å². The van der Waals surface area contributed by atoms with E-state index in [4.69, 9.17) is 13.9 Å².